The van der Waals surface area contributed by atoms with Crippen LogP contribution in [0.3, 0.4) is 0 Å². The van der Waals surface area contributed by atoms with Gasteiger partial charge in [0, 0.05) is 17.3 Å². The Hall–Kier alpha value is -2.03. The van der Waals surface area contributed by atoms with Crippen LogP contribution < -0.4 is 0 Å². The number of hydrogen-bond acceptors (Lipinski definition) is 1. The summed E-state index contributed by atoms with van der Waals surface area (Å²) in [5.41, 5.74) is 8.25. The van der Waals surface area contributed by atoms with E-state index in [4.69, 9.17) is 28.2 Å². The van der Waals surface area contributed by atoms with Gasteiger partial charge in [0.05, 0.1) is 33.7 Å². The highest BCUT2D eigenvalue weighted by Crippen LogP contribution is 2.34. The minimum atomic E-state index is 0.531. The molecule has 5 rings (SSSR count). The van der Waals surface area contributed by atoms with Crippen LogP contribution in [0.25, 0.3) is 5.69 Å². The smallest absolute Gasteiger partial charge is 0.0891 e. The summed E-state index contributed by atoms with van der Waals surface area (Å²) in [5.74, 6) is 0. The second kappa shape index (κ2) is 5.76. The molecule has 0 radical (unpaired) electrons. The van der Waals surface area contributed by atoms with E-state index < -0.39 is 0 Å². The van der Waals surface area contributed by atoms with Crippen LogP contribution in [0.1, 0.15) is 34.4 Å². The molecule has 1 aromatic heterocycles. The first-order valence-electron chi connectivity index (χ1n) is 8.54. The number of aliphatic imine (C=N–C) groups is 1. The van der Waals surface area contributed by atoms with E-state index in [1.165, 1.54) is 36.0 Å². The summed E-state index contributed by atoms with van der Waals surface area (Å²) in [6.45, 7) is 0.531. The van der Waals surface area contributed by atoms with Crippen molar-refractivity contribution in [3.63, 3.8) is 0 Å². The fraction of sp³-hybridized carbons (Fsp3) is 0.190. The van der Waals surface area contributed by atoms with Crippen LogP contribution >= 0.6 is 23.2 Å². The molecule has 0 saturated heterocycles. The standard InChI is InChI=1S/C21H16Cl2N2/c22-17-8-9-18-16(20(17)23)12-24-21(19-5-2-10-25(18)19)15-7-6-13-3-1-4-14(13)11-15/h2,5-11H,1,3-4,12H2. The lowest BCUT2D eigenvalue weighted by Gasteiger charge is -2.13. The summed E-state index contributed by atoms with van der Waals surface area (Å²) in [5, 5.41) is 1.17. The topological polar surface area (TPSA) is 17.3 Å². The van der Waals surface area contributed by atoms with Gasteiger partial charge in [0.15, 0.2) is 0 Å². The molecule has 0 atom stereocenters. The minimum absolute atomic E-state index is 0.531. The molecule has 2 aliphatic rings. The highest BCUT2D eigenvalue weighted by Gasteiger charge is 2.22. The Bertz CT molecular complexity index is 1030. The van der Waals surface area contributed by atoms with Gasteiger partial charge in [-0.15, -0.1) is 0 Å². The third kappa shape index (κ3) is 2.36. The molecule has 3 aromatic rings. The van der Waals surface area contributed by atoms with Gasteiger partial charge in [0.2, 0.25) is 0 Å². The van der Waals surface area contributed by atoms with Crippen molar-refractivity contribution in [2.75, 3.05) is 0 Å². The zero-order valence-electron chi connectivity index (χ0n) is 13.6. The summed E-state index contributed by atoms with van der Waals surface area (Å²) in [6, 6.07) is 14.8. The molecule has 124 valence electrons. The van der Waals surface area contributed by atoms with Gasteiger partial charge in [-0.1, -0.05) is 35.3 Å². The normalized spacial score (nSPS) is 15.2. The molecule has 1 aliphatic heterocycles. The summed E-state index contributed by atoms with van der Waals surface area (Å²) in [7, 11) is 0. The Morgan fingerprint density at radius 2 is 1.84 bits per heavy atom. The van der Waals surface area contributed by atoms with Crippen LogP contribution in [0.5, 0.6) is 0 Å². The molecule has 0 bridgehead atoms. The Balaban J connectivity index is 1.70. The first kappa shape index (κ1) is 15.2. The third-order valence-electron chi connectivity index (χ3n) is 5.19. The van der Waals surface area contributed by atoms with Gasteiger partial charge >= 0.3 is 0 Å². The zero-order chi connectivity index (χ0) is 17.0. The predicted octanol–water partition coefficient (Wildman–Crippen LogP) is 5.62. The first-order valence-corrected chi connectivity index (χ1v) is 9.29. The second-order valence-corrected chi connectivity index (χ2v) is 7.41. The molecule has 25 heavy (non-hydrogen) atoms. The van der Waals surface area contributed by atoms with Crippen LogP contribution in [0.2, 0.25) is 10.0 Å². The van der Waals surface area contributed by atoms with Crippen LogP contribution in [-0.2, 0) is 19.4 Å². The lowest BCUT2D eigenvalue weighted by atomic mass is 10.0. The van der Waals surface area contributed by atoms with Crippen molar-refractivity contribution < 1.29 is 0 Å². The minimum Gasteiger partial charge on any atom is -0.315 e. The molecule has 4 heteroatoms. The average molecular weight is 367 g/mol. The second-order valence-electron chi connectivity index (χ2n) is 6.62. The number of aromatic nitrogens is 1. The quantitative estimate of drug-likeness (QED) is 0.531. The van der Waals surface area contributed by atoms with Crippen molar-refractivity contribution in [2.45, 2.75) is 25.8 Å². The number of nitrogens with zero attached hydrogens (tertiary/aromatic N) is 2. The Labute approximate surface area is 156 Å². The van der Waals surface area contributed by atoms with Gasteiger partial charge in [-0.05, 0) is 60.7 Å². The van der Waals surface area contributed by atoms with E-state index in [9.17, 15) is 0 Å². The largest absolute Gasteiger partial charge is 0.315 e. The van der Waals surface area contributed by atoms with E-state index in [0.29, 0.717) is 16.6 Å². The van der Waals surface area contributed by atoms with Crippen molar-refractivity contribution in [3.8, 4) is 5.69 Å². The summed E-state index contributed by atoms with van der Waals surface area (Å²) in [4.78, 5) is 4.93. The fourth-order valence-corrected chi connectivity index (χ4v) is 4.34. The van der Waals surface area contributed by atoms with Gasteiger partial charge in [0.1, 0.15) is 0 Å². The maximum absolute atomic E-state index is 6.47. The van der Waals surface area contributed by atoms with E-state index in [0.717, 1.165) is 22.7 Å². The number of hydrogen-bond donors (Lipinski definition) is 0. The van der Waals surface area contributed by atoms with Crippen LogP contribution in [0.15, 0.2) is 53.7 Å². The maximum atomic E-state index is 6.47. The van der Waals surface area contributed by atoms with Crippen LogP contribution in [0.4, 0.5) is 0 Å². The summed E-state index contributed by atoms with van der Waals surface area (Å²) < 4.78 is 2.16. The lowest BCUT2D eigenvalue weighted by molar-refractivity contribution is 0.912. The van der Waals surface area contributed by atoms with Crippen molar-refractivity contribution in [2.24, 2.45) is 4.99 Å². The van der Waals surface area contributed by atoms with Crippen molar-refractivity contribution in [1.82, 2.24) is 4.57 Å². The molecule has 0 spiro atoms. The molecule has 0 N–H and O–H groups in total. The van der Waals surface area contributed by atoms with E-state index >= 15 is 0 Å². The number of fused-ring (bicyclic) bond motifs is 4. The van der Waals surface area contributed by atoms with Crippen LogP contribution in [0, 0.1) is 0 Å². The summed E-state index contributed by atoms with van der Waals surface area (Å²) in [6.07, 6.45) is 5.67. The highest BCUT2D eigenvalue weighted by molar-refractivity contribution is 6.42. The molecule has 0 unspecified atom stereocenters. The van der Waals surface area contributed by atoms with E-state index in [1.807, 2.05) is 12.1 Å². The molecular formula is C21H16Cl2N2. The number of halogens is 2. The van der Waals surface area contributed by atoms with Crippen molar-refractivity contribution >= 4 is 28.9 Å². The van der Waals surface area contributed by atoms with Crippen molar-refractivity contribution in [1.29, 1.82) is 0 Å². The van der Waals surface area contributed by atoms with E-state index in [1.54, 1.807) is 0 Å². The molecule has 0 amide bonds. The number of aryl methyl sites for hydroxylation is 2. The molecule has 2 heterocycles. The van der Waals surface area contributed by atoms with Crippen molar-refractivity contribution in [3.05, 3.63) is 86.7 Å². The maximum Gasteiger partial charge on any atom is 0.0891 e. The summed E-state index contributed by atoms with van der Waals surface area (Å²) >= 11 is 12.7. The van der Waals surface area contributed by atoms with Gasteiger partial charge in [0.25, 0.3) is 0 Å². The lowest BCUT2D eigenvalue weighted by Crippen LogP contribution is -2.09. The molecule has 0 saturated carbocycles. The molecule has 2 nitrogen and oxygen atoms in total. The molecule has 1 aliphatic carbocycles. The average Bonchev–Trinajstić information content (AvgIpc) is 3.25. The molecule has 0 fully saturated rings. The Morgan fingerprint density at radius 3 is 2.76 bits per heavy atom. The van der Waals surface area contributed by atoms with E-state index in [2.05, 4.69) is 41.1 Å². The van der Waals surface area contributed by atoms with Gasteiger partial charge in [-0.25, -0.2) is 0 Å². The van der Waals surface area contributed by atoms with Crippen LogP contribution in [-0.4, -0.2) is 10.3 Å². The number of benzene rings is 2. The Kier molecular flexibility index (Phi) is 3.51. The monoisotopic (exact) mass is 366 g/mol. The fourth-order valence-electron chi connectivity index (χ4n) is 3.94. The van der Waals surface area contributed by atoms with Gasteiger partial charge in [-0.2, -0.15) is 0 Å². The third-order valence-corrected chi connectivity index (χ3v) is 6.03. The predicted molar refractivity (Wildman–Crippen MR) is 104 cm³/mol. The zero-order valence-corrected chi connectivity index (χ0v) is 15.1. The number of rotatable bonds is 1. The highest BCUT2D eigenvalue weighted by atomic mass is 35.5. The van der Waals surface area contributed by atoms with Gasteiger partial charge in [-0.3, -0.25) is 4.99 Å². The SMILES string of the molecule is Clc1ccc2c(c1Cl)CN=C(c1ccc3c(c1)CCC3)c1cccn1-2. The first-order chi connectivity index (χ1) is 12.2. The van der Waals surface area contributed by atoms with Gasteiger partial charge < -0.3 is 4.57 Å². The molecular weight excluding hydrogens is 351 g/mol. The molecule has 2 aromatic carbocycles. The van der Waals surface area contributed by atoms with E-state index in [-0.39, 0.29) is 0 Å². The Morgan fingerprint density at radius 1 is 0.960 bits per heavy atom.